The van der Waals surface area contributed by atoms with E-state index in [-0.39, 0.29) is 5.82 Å². The van der Waals surface area contributed by atoms with Crippen LogP contribution in [0.5, 0.6) is 0 Å². The van der Waals surface area contributed by atoms with Crippen LogP contribution in [0.3, 0.4) is 0 Å². The molecule has 0 aliphatic carbocycles. The Kier molecular flexibility index (Phi) is 3.12. The lowest BCUT2D eigenvalue weighted by Crippen LogP contribution is -1.89. The molecule has 19 heavy (non-hydrogen) atoms. The molecule has 0 fully saturated rings. The molecule has 2 aromatic heterocycles. The first-order valence-corrected chi connectivity index (χ1v) is 7.09. The third kappa shape index (κ3) is 2.06. The van der Waals surface area contributed by atoms with Crippen LogP contribution in [-0.2, 0) is 0 Å². The molecule has 96 valence electrons. The van der Waals surface area contributed by atoms with Gasteiger partial charge in [-0.1, -0.05) is 17.3 Å². The Morgan fingerprint density at radius 3 is 2.84 bits per heavy atom. The van der Waals surface area contributed by atoms with Crippen molar-refractivity contribution in [3.63, 3.8) is 0 Å². The first kappa shape index (κ1) is 12.4. The number of nitrogen functional groups attached to an aromatic ring is 1. The summed E-state index contributed by atoms with van der Waals surface area (Å²) in [6.07, 6.45) is 0. The first-order chi connectivity index (χ1) is 9.18. The van der Waals surface area contributed by atoms with Crippen molar-refractivity contribution in [1.29, 1.82) is 0 Å². The minimum atomic E-state index is -0.392. The molecule has 0 bridgehead atoms. The van der Waals surface area contributed by atoms with Gasteiger partial charge in [0.25, 0.3) is 0 Å². The third-order valence-corrected chi connectivity index (χ3v) is 4.18. The van der Waals surface area contributed by atoms with Crippen molar-refractivity contribution in [1.82, 2.24) is 5.16 Å². The number of aromatic nitrogens is 1. The van der Waals surface area contributed by atoms with Gasteiger partial charge >= 0.3 is 0 Å². The molecule has 0 unspecified atom stereocenters. The molecule has 0 amide bonds. The van der Waals surface area contributed by atoms with Crippen molar-refractivity contribution >= 4 is 33.1 Å². The van der Waals surface area contributed by atoms with E-state index in [0.717, 1.165) is 4.88 Å². The van der Waals surface area contributed by atoms with Crippen molar-refractivity contribution < 1.29 is 8.91 Å². The zero-order valence-corrected chi connectivity index (χ0v) is 12.0. The second-order valence-electron chi connectivity index (χ2n) is 3.85. The van der Waals surface area contributed by atoms with Crippen molar-refractivity contribution in [3.8, 4) is 21.8 Å². The molecule has 0 atom stereocenters. The molecular formula is C13H8BrFN2OS. The van der Waals surface area contributed by atoms with Gasteiger partial charge in [0, 0.05) is 4.88 Å². The van der Waals surface area contributed by atoms with Gasteiger partial charge < -0.3 is 10.3 Å². The van der Waals surface area contributed by atoms with Crippen molar-refractivity contribution in [3.05, 3.63) is 46.0 Å². The van der Waals surface area contributed by atoms with Gasteiger partial charge in [0.15, 0.2) is 11.6 Å². The summed E-state index contributed by atoms with van der Waals surface area (Å²) in [6.45, 7) is 0. The Morgan fingerprint density at radius 2 is 2.11 bits per heavy atom. The number of benzene rings is 1. The number of thiophene rings is 1. The van der Waals surface area contributed by atoms with Crippen LogP contribution in [-0.4, -0.2) is 5.16 Å². The van der Waals surface area contributed by atoms with Gasteiger partial charge in [-0.25, -0.2) is 4.39 Å². The number of nitrogens with zero attached hydrogens (tertiary/aromatic N) is 1. The summed E-state index contributed by atoms with van der Waals surface area (Å²) in [5.74, 6) is 0.215. The monoisotopic (exact) mass is 338 g/mol. The van der Waals surface area contributed by atoms with Crippen LogP contribution in [0.25, 0.3) is 21.8 Å². The Labute approximate surface area is 121 Å². The van der Waals surface area contributed by atoms with E-state index < -0.39 is 5.82 Å². The molecule has 0 saturated carbocycles. The van der Waals surface area contributed by atoms with Crippen LogP contribution in [0.2, 0.25) is 0 Å². The molecule has 2 heterocycles. The molecule has 3 aromatic rings. The average molecular weight is 339 g/mol. The molecule has 3 nitrogen and oxygen atoms in total. The minimum absolute atomic E-state index is 0.261. The lowest BCUT2D eigenvalue weighted by Gasteiger charge is -2.03. The zero-order chi connectivity index (χ0) is 13.4. The van der Waals surface area contributed by atoms with E-state index in [1.807, 2.05) is 17.5 Å². The molecule has 3 rings (SSSR count). The van der Waals surface area contributed by atoms with E-state index in [2.05, 4.69) is 21.1 Å². The Bertz CT molecular complexity index is 724. The molecule has 0 aliphatic heterocycles. The fraction of sp³-hybridized carbons (Fsp3) is 0. The largest absolute Gasteiger partial charge is 0.380 e. The minimum Gasteiger partial charge on any atom is -0.380 e. The topological polar surface area (TPSA) is 52.0 Å². The van der Waals surface area contributed by atoms with Gasteiger partial charge in [0.05, 0.1) is 15.6 Å². The van der Waals surface area contributed by atoms with Gasteiger partial charge in [-0.05, 0) is 39.5 Å². The maximum atomic E-state index is 14.1. The van der Waals surface area contributed by atoms with Crippen LogP contribution in [0.15, 0.2) is 44.7 Å². The lowest BCUT2D eigenvalue weighted by atomic mass is 10.1. The molecule has 0 radical (unpaired) electrons. The highest BCUT2D eigenvalue weighted by molar-refractivity contribution is 9.10. The normalized spacial score (nSPS) is 10.8. The van der Waals surface area contributed by atoms with Gasteiger partial charge in [0.2, 0.25) is 0 Å². The quantitative estimate of drug-likeness (QED) is 0.745. The van der Waals surface area contributed by atoms with E-state index in [1.165, 1.54) is 11.3 Å². The number of nitrogens with two attached hydrogens (primary N) is 1. The smallest absolute Gasteiger partial charge is 0.180 e. The predicted octanol–water partition coefficient (Wildman–Crippen LogP) is 4.55. The summed E-state index contributed by atoms with van der Waals surface area (Å²) in [5.41, 5.74) is 6.79. The van der Waals surface area contributed by atoms with Crippen molar-refractivity contribution in [2.45, 2.75) is 0 Å². The second-order valence-corrected chi connectivity index (χ2v) is 5.65. The molecule has 0 spiro atoms. The van der Waals surface area contributed by atoms with Crippen LogP contribution in [0.1, 0.15) is 0 Å². The summed E-state index contributed by atoms with van der Waals surface area (Å²) < 4.78 is 19.7. The van der Waals surface area contributed by atoms with E-state index >= 15 is 0 Å². The van der Waals surface area contributed by atoms with E-state index in [4.69, 9.17) is 10.3 Å². The van der Waals surface area contributed by atoms with Crippen LogP contribution in [0.4, 0.5) is 10.2 Å². The van der Waals surface area contributed by atoms with Gasteiger partial charge in [-0.2, -0.15) is 0 Å². The lowest BCUT2D eigenvalue weighted by molar-refractivity contribution is 0.433. The third-order valence-electron chi connectivity index (χ3n) is 2.68. The summed E-state index contributed by atoms with van der Waals surface area (Å²) in [6, 6.07) is 8.79. The van der Waals surface area contributed by atoms with Gasteiger partial charge in [0.1, 0.15) is 5.82 Å². The van der Waals surface area contributed by atoms with E-state index in [1.54, 1.807) is 18.2 Å². The standard InChI is InChI=1S/C13H8BrFN2OS/c14-8-4-1-3-7(11(8)15)12-10(13(16)17-18-12)9-5-2-6-19-9/h1-6H,(H2,16,17). The Balaban J connectivity index is 2.25. The Morgan fingerprint density at radius 1 is 1.26 bits per heavy atom. The SMILES string of the molecule is Nc1noc(-c2cccc(Br)c2F)c1-c1cccs1. The van der Waals surface area contributed by atoms with Crippen LogP contribution >= 0.6 is 27.3 Å². The number of rotatable bonds is 2. The molecule has 0 saturated heterocycles. The average Bonchev–Trinajstić information content (AvgIpc) is 3.02. The molecule has 0 aliphatic rings. The number of halogens is 2. The van der Waals surface area contributed by atoms with Crippen LogP contribution < -0.4 is 5.73 Å². The molecule has 1 aromatic carbocycles. The maximum absolute atomic E-state index is 14.1. The van der Waals surface area contributed by atoms with E-state index in [9.17, 15) is 4.39 Å². The number of hydrogen-bond donors (Lipinski definition) is 1. The maximum Gasteiger partial charge on any atom is 0.180 e. The highest BCUT2D eigenvalue weighted by Crippen LogP contribution is 2.40. The summed E-state index contributed by atoms with van der Waals surface area (Å²) in [5, 5.41) is 5.67. The predicted molar refractivity (Wildman–Crippen MR) is 77.3 cm³/mol. The van der Waals surface area contributed by atoms with Crippen LogP contribution in [0, 0.1) is 5.82 Å². The highest BCUT2D eigenvalue weighted by atomic mass is 79.9. The summed E-state index contributed by atoms with van der Waals surface area (Å²) >= 11 is 4.66. The number of anilines is 1. The fourth-order valence-electron chi connectivity index (χ4n) is 1.82. The summed E-state index contributed by atoms with van der Waals surface area (Å²) in [7, 11) is 0. The first-order valence-electron chi connectivity index (χ1n) is 5.42. The molecule has 6 heteroatoms. The molecule has 2 N–H and O–H groups in total. The summed E-state index contributed by atoms with van der Waals surface area (Å²) in [4.78, 5) is 0.896. The fourth-order valence-corrected chi connectivity index (χ4v) is 2.97. The van der Waals surface area contributed by atoms with Crippen molar-refractivity contribution in [2.75, 3.05) is 5.73 Å². The Hall–Kier alpha value is -1.66. The second kappa shape index (κ2) is 4.79. The molecular weight excluding hydrogens is 331 g/mol. The van der Waals surface area contributed by atoms with E-state index in [0.29, 0.717) is 21.4 Å². The zero-order valence-electron chi connectivity index (χ0n) is 9.56. The van der Waals surface area contributed by atoms with Gasteiger partial charge in [-0.15, -0.1) is 11.3 Å². The van der Waals surface area contributed by atoms with Gasteiger partial charge in [-0.3, -0.25) is 0 Å². The number of hydrogen-bond acceptors (Lipinski definition) is 4. The highest BCUT2D eigenvalue weighted by Gasteiger charge is 2.21. The van der Waals surface area contributed by atoms with Crippen molar-refractivity contribution in [2.24, 2.45) is 0 Å².